The lowest BCUT2D eigenvalue weighted by molar-refractivity contribution is 0.257. The van der Waals surface area contributed by atoms with Crippen molar-refractivity contribution in [1.29, 1.82) is 0 Å². The van der Waals surface area contributed by atoms with E-state index in [1.165, 1.54) is 82.4 Å². The maximum atomic E-state index is 5.78. The topological polar surface area (TPSA) is 6.48 Å². The molecule has 0 N–H and O–H groups in total. The first kappa shape index (κ1) is 12.7. The molecule has 3 fully saturated rings. The second-order valence-electron chi connectivity index (χ2n) is 6.25. The van der Waals surface area contributed by atoms with Gasteiger partial charge in [-0.15, -0.1) is 0 Å². The van der Waals surface area contributed by atoms with E-state index in [0.29, 0.717) is 0 Å². The molecule has 3 rings (SSSR count). The van der Waals surface area contributed by atoms with Crippen molar-refractivity contribution in [3.05, 3.63) is 0 Å². The average molecular weight is 266 g/mol. The number of thiocarbonyl (C=S) groups is 1. The molecule has 18 heavy (non-hydrogen) atoms. The molecule has 2 aliphatic carbocycles. The highest BCUT2D eigenvalue weighted by molar-refractivity contribution is 7.80. The molecule has 102 valence electrons. The van der Waals surface area contributed by atoms with Crippen LogP contribution in [0, 0.1) is 0 Å². The van der Waals surface area contributed by atoms with Gasteiger partial charge >= 0.3 is 0 Å². The molecule has 1 saturated heterocycles. The molecule has 0 atom stereocenters. The van der Waals surface area contributed by atoms with Crippen LogP contribution >= 0.6 is 12.2 Å². The summed E-state index contributed by atoms with van der Waals surface area (Å²) in [5, 5.41) is 1.19. The Morgan fingerprint density at radius 3 is 1.44 bits per heavy atom. The highest BCUT2D eigenvalue weighted by Crippen LogP contribution is 2.30. The first-order valence-electron chi connectivity index (χ1n) is 7.93. The van der Waals surface area contributed by atoms with Crippen LogP contribution in [0.4, 0.5) is 0 Å². The predicted octanol–water partition coefficient (Wildman–Crippen LogP) is 3.55. The third kappa shape index (κ3) is 2.52. The van der Waals surface area contributed by atoms with E-state index in [1.807, 2.05) is 0 Å². The van der Waals surface area contributed by atoms with Gasteiger partial charge in [-0.2, -0.15) is 0 Å². The van der Waals surface area contributed by atoms with Crippen molar-refractivity contribution in [2.24, 2.45) is 0 Å². The van der Waals surface area contributed by atoms with Gasteiger partial charge < -0.3 is 9.80 Å². The fourth-order valence-corrected chi connectivity index (χ4v) is 4.52. The van der Waals surface area contributed by atoms with Crippen molar-refractivity contribution in [1.82, 2.24) is 9.80 Å². The molecule has 0 aromatic heterocycles. The Morgan fingerprint density at radius 2 is 1.06 bits per heavy atom. The first-order valence-corrected chi connectivity index (χ1v) is 8.34. The van der Waals surface area contributed by atoms with Crippen LogP contribution in [0.2, 0.25) is 0 Å². The van der Waals surface area contributed by atoms with E-state index in [4.69, 9.17) is 12.2 Å². The Bertz CT molecular complexity index is 265. The summed E-state index contributed by atoms with van der Waals surface area (Å²) in [5.41, 5.74) is 0. The Kier molecular flexibility index (Phi) is 4.07. The van der Waals surface area contributed by atoms with Gasteiger partial charge in [0.1, 0.15) is 0 Å². The lowest BCUT2D eigenvalue weighted by atomic mass is 9.94. The molecule has 3 heteroatoms. The molecular weight excluding hydrogens is 240 g/mol. The summed E-state index contributed by atoms with van der Waals surface area (Å²) < 4.78 is 0. The van der Waals surface area contributed by atoms with Crippen molar-refractivity contribution in [3.8, 4) is 0 Å². The van der Waals surface area contributed by atoms with E-state index in [1.54, 1.807) is 0 Å². The summed E-state index contributed by atoms with van der Waals surface area (Å²) in [5.74, 6) is 0. The first-order chi connectivity index (χ1) is 8.86. The average Bonchev–Trinajstić information content (AvgIpc) is 2.83. The van der Waals surface area contributed by atoms with E-state index >= 15 is 0 Å². The molecule has 2 saturated carbocycles. The van der Waals surface area contributed by atoms with Crippen LogP contribution in [-0.4, -0.2) is 40.1 Å². The van der Waals surface area contributed by atoms with E-state index in [0.717, 1.165) is 12.1 Å². The molecule has 0 aromatic rings. The minimum atomic E-state index is 0.764. The predicted molar refractivity (Wildman–Crippen MR) is 79.8 cm³/mol. The third-order valence-corrected chi connectivity index (χ3v) is 5.57. The number of nitrogens with zero attached hydrogens (tertiary/aromatic N) is 2. The highest BCUT2D eigenvalue weighted by atomic mass is 32.1. The lowest BCUT2D eigenvalue weighted by Gasteiger charge is -2.36. The summed E-state index contributed by atoms with van der Waals surface area (Å²) in [4.78, 5) is 5.12. The second kappa shape index (κ2) is 5.77. The van der Waals surface area contributed by atoms with Crippen molar-refractivity contribution >= 4 is 17.3 Å². The Balaban J connectivity index is 1.60. The van der Waals surface area contributed by atoms with Crippen molar-refractivity contribution in [3.63, 3.8) is 0 Å². The highest BCUT2D eigenvalue weighted by Gasteiger charge is 2.34. The van der Waals surface area contributed by atoms with Crippen LogP contribution < -0.4 is 0 Å². The van der Waals surface area contributed by atoms with Crippen LogP contribution in [0.5, 0.6) is 0 Å². The van der Waals surface area contributed by atoms with E-state index in [2.05, 4.69) is 9.80 Å². The second-order valence-corrected chi connectivity index (χ2v) is 6.62. The fraction of sp³-hybridized carbons (Fsp3) is 0.933. The van der Waals surface area contributed by atoms with Gasteiger partial charge in [0.25, 0.3) is 0 Å². The van der Waals surface area contributed by atoms with Crippen molar-refractivity contribution in [2.75, 3.05) is 13.1 Å². The van der Waals surface area contributed by atoms with Crippen LogP contribution in [0.25, 0.3) is 0 Å². The molecule has 3 aliphatic rings. The van der Waals surface area contributed by atoms with Gasteiger partial charge in [-0.05, 0) is 37.9 Å². The molecule has 1 heterocycles. The monoisotopic (exact) mass is 266 g/mol. The van der Waals surface area contributed by atoms with Gasteiger partial charge in [0.15, 0.2) is 5.11 Å². The van der Waals surface area contributed by atoms with E-state index in [9.17, 15) is 0 Å². The molecule has 1 aliphatic heterocycles. The van der Waals surface area contributed by atoms with E-state index in [-0.39, 0.29) is 0 Å². The molecule has 0 spiro atoms. The quantitative estimate of drug-likeness (QED) is 0.706. The Labute approximate surface area is 117 Å². The molecule has 0 aromatic carbocycles. The lowest BCUT2D eigenvalue weighted by Crippen LogP contribution is -2.43. The van der Waals surface area contributed by atoms with Crippen LogP contribution in [0.3, 0.4) is 0 Å². The van der Waals surface area contributed by atoms with Gasteiger partial charge in [0, 0.05) is 25.2 Å². The molecular formula is C15H26N2S. The van der Waals surface area contributed by atoms with E-state index < -0.39 is 0 Å². The van der Waals surface area contributed by atoms with Crippen LogP contribution in [0.1, 0.15) is 64.2 Å². The molecule has 0 bridgehead atoms. The summed E-state index contributed by atoms with van der Waals surface area (Å²) in [6.45, 7) is 2.39. The SMILES string of the molecule is S=C1N(C2CCCCC2)CCN1C1CCCCC1. The van der Waals surface area contributed by atoms with Gasteiger partial charge in [-0.25, -0.2) is 0 Å². The zero-order chi connectivity index (χ0) is 12.4. The molecule has 0 radical (unpaired) electrons. The van der Waals surface area contributed by atoms with Gasteiger partial charge in [-0.3, -0.25) is 0 Å². The maximum Gasteiger partial charge on any atom is 0.172 e. The number of rotatable bonds is 2. The Morgan fingerprint density at radius 1 is 0.667 bits per heavy atom. The molecule has 2 nitrogen and oxygen atoms in total. The number of hydrogen-bond donors (Lipinski definition) is 0. The summed E-state index contributed by atoms with van der Waals surface area (Å²) in [7, 11) is 0. The molecule has 0 amide bonds. The summed E-state index contributed by atoms with van der Waals surface area (Å²) in [6, 6.07) is 1.53. The van der Waals surface area contributed by atoms with Crippen molar-refractivity contribution < 1.29 is 0 Å². The Hall–Kier alpha value is -0.310. The smallest absolute Gasteiger partial charge is 0.172 e. The zero-order valence-electron chi connectivity index (χ0n) is 11.4. The van der Waals surface area contributed by atoms with Crippen LogP contribution in [0.15, 0.2) is 0 Å². The molecule has 0 unspecified atom stereocenters. The standard InChI is InChI=1S/C15H26N2S/c18-15-16(13-7-3-1-4-8-13)11-12-17(15)14-9-5-2-6-10-14/h13-14H,1-12H2. The fourth-order valence-electron chi connectivity index (χ4n) is 4.03. The summed E-state index contributed by atoms with van der Waals surface area (Å²) in [6.07, 6.45) is 14.0. The van der Waals surface area contributed by atoms with Gasteiger partial charge in [-0.1, -0.05) is 38.5 Å². The van der Waals surface area contributed by atoms with Crippen LogP contribution in [-0.2, 0) is 0 Å². The van der Waals surface area contributed by atoms with Gasteiger partial charge in [0.05, 0.1) is 0 Å². The third-order valence-electron chi connectivity index (χ3n) is 5.10. The van der Waals surface area contributed by atoms with Gasteiger partial charge in [0.2, 0.25) is 0 Å². The number of hydrogen-bond acceptors (Lipinski definition) is 1. The maximum absolute atomic E-state index is 5.78. The zero-order valence-corrected chi connectivity index (χ0v) is 12.3. The van der Waals surface area contributed by atoms with Crippen molar-refractivity contribution in [2.45, 2.75) is 76.3 Å². The minimum absolute atomic E-state index is 0.764. The minimum Gasteiger partial charge on any atom is -0.344 e. The summed E-state index contributed by atoms with van der Waals surface area (Å²) >= 11 is 5.78. The largest absolute Gasteiger partial charge is 0.344 e. The normalized spacial score (nSPS) is 28.1.